The van der Waals surface area contributed by atoms with Gasteiger partial charge in [0.15, 0.2) is 0 Å². The Kier molecular flexibility index (Phi) is 4.10. The zero-order valence-corrected chi connectivity index (χ0v) is 6.09. The first-order valence-electron chi connectivity index (χ1n) is 3.23. The van der Waals surface area contributed by atoms with Crippen LogP contribution in [0.3, 0.4) is 0 Å². The van der Waals surface area contributed by atoms with Crippen molar-refractivity contribution in [3.05, 3.63) is 6.92 Å². The number of oxime groups is 1. The lowest BCUT2D eigenvalue weighted by Gasteiger charge is -2.02. The molecule has 0 spiro atoms. The van der Waals surface area contributed by atoms with Gasteiger partial charge in [0.1, 0.15) is 0 Å². The molecule has 0 saturated heterocycles. The van der Waals surface area contributed by atoms with E-state index in [1.54, 1.807) is 0 Å². The summed E-state index contributed by atoms with van der Waals surface area (Å²) in [5.74, 6) is 0.343. The summed E-state index contributed by atoms with van der Waals surface area (Å²) in [5.41, 5.74) is 0.831. The molecule has 0 aromatic carbocycles. The molecule has 0 saturated carbocycles. The van der Waals surface area contributed by atoms with Crippen LogP contribution in [0, 0.1) is 12.8 Å². The Hall–Kier alpha value is -0.530. The van der Waals surface area contributed by atoms with Gasteiger partial charge in [0.2, 0.25) is 0 Å². The van der Waals surface area contributed by atoms with E-state index in [0.717, 1.165) is 18.6 Å². The molecule has 0 fully saturated rings. The second kappa shape index (κ2) is 4.36. The van der Waals surface area contributed by atoms with Gasteiger partial charge in [0, 0.05) is 0 Å². The van der Waals surface area contributed by atoms with Crippen molar-refractivity contribution in [1.29, 1.82) is 0 Å². The molecule has 0 amide bonds. The van der Waals surface area contributed by atoms with Gasteiger partial charge in [0.05, 0.1) is 5.71 Å². The van der Waals surface area contributed by atoms with Gasteiger partial charge in [-0.1, -0.05) is 25.9 Å². The van der Waals surface area contributed by atoms with Crippen molar-refractivity contribution >= 4 is 5.71 Å². The second-order valence-corrected chi connectivity index (χ2v) is 2.33. The lowest BCUT2D eigenvalue weighted by molar-refractivity contribution is 0.315. The second-order valence-electron chi connectivity index (χ2n) is 2.33. The van der Waals surface area contributed by atoms with E-state index < -0.39 is 0 Å². The van der Waals surface area contributed by atoms with E-state index in [1.165, 1.54) is 0 Å². The highest BCUT2D eigenvalue weighted by Crippen LogP contribution is 2.02. The summed E-state index contributed by atoms with van der Waals surface area (Å²) in [6.45, 7) is 7.75. The summed E-state index contributed by atoms with van der Waals surface area (Å²) >= 11 is 0. The fourth-order valence-corrected chi connectivity index (χ4v) is 0.658. The zero-order valence-electron chi connectivity index (χ0n) is 6.09. The number of hydrogen-bond acceptors (Lipinski definition) is 2. The SMILES string of the molecule is [CH2]C(C)CC(CC)=NO. The average molecular weight is 128 g/mol. The molecule has 0 aliphatic heterocycles. The molecule has 0 bridgehead atoms. The smallest absolute Gasteiger partial charge is 0.0570 e. The van der Waals surface area contributed by atoms with E-state index in [4.69, 9.17) is 5.21 Å². The first-order chi connectivity index (χ1) is 4.20. The maximum absolute atomic E-state index is 8.34. The molecular formula is C7H14NO. The molecule has 0 rings (SSSR count). The molecule has 9 heavy (non-hydrogen) atoms. The summed E-state index contributed by atoms with van der Waals surface area (Å²) in [6, 6.07) is 0. The van der Waals surface area contributed by atoms with Crippen molar-refractivity contribution in [2.75, 3.05) is 0 Å². The number of hydrogen-bond donors (Lipinski definition) is 1. The Labute approximate surface area is 56.6 Å². The van der Waals surface area contributed by atoms with Gasteiger partial charge >= 0.3 is 0 Å². The van der Waals surface area contributed by atoms with Crippen LogP contribution in [0.4, 0.5) is 0 Å². The highest BCUT2D eigenvalue weighted by atomic mass is 16.4. The van der Waals surface area contributed by atoms with Crippen molar-refractivity contribution < 1.29 is 5.21 Å². The molecule has 0 aromatic heterocycles. The Balaban J connectivity index is 3.58. The van der Waals surface area contributed by atoms with Gasteiger partial charge in [-0.15, -0.1) is 0 Å². The minimum absolute atomic E-state index is 0.343. The third kappa shape index (κ3) is 4.01. The summed E-state index contributed by atoms with van der Waals surface area (Å²) in [4.78, 5) is 0. The molecule has 53 valence electrons. The van der Waals surface area contributed by atoms with E-state index >= 15 is 0 Å². The topological polar surface area (TPSA) is 32.6 Å². The summed E-state index contributed by atoms with van der Waals surface area (Å²) in [5, 5.41) is 11.5. The summed E-state index contributed by atoms with van der Waals surface area (Å²) in [6.07, 6.45) is 1.61. The average Bonchev–Trinajstić information content (AvgIpc) is 1.82. The Bertz CT molecular complexity index is 97.1. The molecule has 0 aliphatic rings. The molecule has 2 heteroatoms. The molecule has 1 unspecified atom stereocenters. The Morgan fingerprint density at radius 2 is 2.33 bits per heavy atom. The molecule has 2 nitrogen and oxygen atoms in total. The first-order valence-corrected chi connectivity index (χ1v) is 3.23. The van der Waals surface area contributed by atoms with Crippen LogP contribution in [0.5, 0.6) is 0 Å². The highest BCUT2D eigenvalue weighted by molar-refractivity contribution is 5.83. The predicted molar refractivity (Wildman–Crippen MR) is 38.7 cm³/mol. The zero-order chi connectivity index (χ0) is 7.28. The summed E-state index contributed by atoms with van der Waals surface area (Å²) in [7, 11) is 0. The lowest BCUT2D eigenvalue weighted by atomic mass is 10.1. The third-order valence-electron chi connectivity index (χ3n) is 1.13. The molecular weight excluding hydrogens is 114 g/mol. The van der Waals surface area contributed by atoms with Crippen molar-refractivity contribution in [3.8, 4) is 0 Å². The molecule has 0 aromatic rings. The standard InChI is InChI=1S/C7H14NO/c1-4-7(8-9)5-6(2)3/h6,9H,2,4-5H2,1,3H3. The molecule has 1 radical (unpaired) electrons. The number of nitrogens with zero attached hydrogens (tertiary/aromatic N) is 1. The third-order valence-corrected chi connectivity index (χ3v) is 1.13. The van der Waals surface area contributed by atoms with Crippen LogP contribution in [0.25, 0.3) is 0 Å². The van der Waals surface area contributed by atoms with Crippen LogP contribution in [0.15, 0.2) is 5.16 Å². The van der Waals surface area contributed by atoms with Gasteiger partial charge in [0.25, 0.3) is 0 Å². The van der Waals surface area contributed by atoms with Crippen LogP contribution in [0.2, 0.25) is 0 Å². The van der Waals surface area contributed by atoms with Crippen LogP contribution < -0.4 is 0 Å². The van der Waals surface area contributed by atoms with Gasteiger partial charge in [-0.2, -0.15) is 0 Å². The van der Waals surface area contributed by atoms with Crippen LogP contribution in [0.1, 0.15) is 26.7 Å². The van der Waals surface area contributed by atoms with E-state index in [2.05, 4.69) is 12.1 Å². The van der Waals surface area contributed by atoms with Gasteiger partial charge in [-0.3, -0.25) is 0 Å². The minimum atomic E-state index is 0.343. The predicted octanol–water partition coefficient (Wildman–Crippen LogP) is 2.09. The largest absolute Gasteiger partial charge is 0.411 e. The van der Waals surface area contributed by atoms with E-state index in [9.17, 15) is 0 Å². The lowest BCUT2D eigenvalue weighted by Crippen LogP contribution is -2.01. The molecule has 1 N–H and O–H groups in total. The summed E-state index contributed by atoms with van der Waals surface area (Å²) < 4.78 is 0. The van der Waals surface area contributed by atoms with Crippen LogP contribution >= 0.6 is 0 Å². The quantitative estimate of drug-likeness (QED) is 0.352. The van der Waals surface area contributed by atoms with E-state index in [0.29, 0.717) is 5.92 Å². The van der Waals surface area contributed by atoms with Gasteiger partial charge in [-0.05, 0) is 18.8 Å². The fraction of sp³-hybridized carbons (Fsp3) is 0.714. The minimum Gasteiger partial charge on any atom is -0.411 e. The van der Waals surface area contributed by atoms with Crippen molar-refractivity contribution in [2.24, 2.45) is 11.1 Å². The van der Waals surface area contributed by atoms with E-state index in [-0.39, 0.29) is 0 Å². The molecule has 0 heterocycles. The van der Waals surface area contributed by atoms with Gasteiger partial charge in [-0.25, -0.2) is 0 Å². The van der Waals surface area contributed by atoms with E-state index in [1.807, 2.05) is 13.8 Å². The van der Waals surface area contributed by atoms with Crippen LogP contribution in [-0.4, -0.2) is 10.9 Å². The first kappa shape index (κ1) is 8.47. The van der Waals surface area contributed by atoms with Crippen LogP contribution in [-0.2, 0) is 0 Å². The Morgan fingerprint density at radius 1 is 1.78 bits per heavy atom. The normalized spacial score (nSPS) is 12.7. The maximum Gasteiger partial charge on any atom is 0.0570 e. The van der Waals surface area contributed by atoms with Crippen molar-refractivity contribution in [1.82, 2.24) is 0 Å². The Morgan fingerprint density at radius 3 is 2.44 bits per heavy atom. The molecule has 0 aliphatic carbocycles. The number of rotatable bonds is 3. The molecule has 1 atom stereocenters. The van der Waals surface area contributed by atoms with Gasteiger partial charge < -0.3 is 5.21 Å². The monoisotopic (exact) mass is 128 g/mol. The van der Waals surface area contributed by atoms with Crippen molar-refractivity contribution in [2.45, 2.75) is 26.7 Å². The maximum atomic E-state index is 8.34. The van der Waals surface area contributed by atoms with Crippen molar-refractivity contribution in [3.63, 3.8) is 0 Å². The highest BCUT2D eigenvalue weighted by Gasteiger charge is 1.99. The fourth-order valence-electron chi connectivity index (χ4n) is 0.658.